The number of nitro groups is 1. The molecule has 1 atom stereocenters. The van der Waals surface area contributed by atoms with Gasteiger partial charge in [0.1, 0.15) is 6.54 Å². The van der Waals surface area contributed by atoms with Crippen molar-refractivity contribution < 1.29 is 19.2 Å². The number of hydrogen-bond donors (Lipinski definition) is 1. The predicted octanol–water partition coefficient (Wildman–Crippen LogP) is 3.83. The fourth-order valence-corrected chi connectivity index (χ4v) is 2.94. The second-order valence-corrected chi connectivity index (χ2v) is 6.83. The molecule has 1 unspecified atom stereocenters. The van der Waals surface area contributed by atoms with Gasteiger partial charge in [-0.15, -0.1) is 0 Å². The van der Waals surface area contributed by atoms with Crippen LogP contribution in [0.3, 0.4) is 0 Å². The third-order valence-corrected chi connectivity index (χ3v) is 4.63. The number of rotatable bonds is 11. The van der Waals surface area contributed by atoms with E-state index in [0.29, 0.717) is 17.9 Å². The zero-order chi connectivity index (χ0) is 23.7. The Morgan fingerprint density at radius 3 is 2.56 bits per heavy atom. The monoisotopic (exact) mass is 442 g/mol. The largest absolute Gasteiger partial charge is 0.465 e. The molecule has 1 heterocycles. The molecule has 0 amide bonds. The maximum absolute atomic E-state index is 12.3. The van der Waals surface area contributed by atoms with Crippen LogP contribution in [-0.4, -0.2) is 40.6 Å². The molecule has 0 spiro atoms. The fraction of sp³-hybridized carbons (Fsp3) is 0.429. The molecular formula is C21H26N6O5. The van der Waals surface area contributed by atoms with E-state index in [4.69, 9.17) is 21.8 Å². The van der Waals surface area contributed by atoms with Crippen molar-refractivity contribution in [3.63, 3.8) is 0 Å². The molecule has 0 aliphatic heterocycles. The molecule has 11 heteroatoms. The van der Waals surface area contributed by atoms with Gasteiger partial charge in [-0.3, -0.25) is 14.9 Å². The van der Waals surface area contributed by atoms with E-state index < -0.39 is 22.6 Å². The van der Waals surface area contributed by atoms with Crippen LogP contribution in [-0.2, 0) is 9.53 Å². The molecule has 2 aromatic rings. The summed E-state index contributed by atoms with van der Waals surface area (Å²) >= 11 is 0. The van der Waals surface area contributed by atoms with Crippen LogP contribution in [0.25, 0.3) is 4.85 Å². The quantitative estimate of drug-likeness (QED) is 0.181. The third kappa shape index (κ3) is 6.04. The van der Waals surface area contributed by atoms with E-state index in [9.17, 15) is 14.9 Å². The van der Waals surface area contributed by atoms with Crippen LogP contribution in [0.5, 0.6) is 6.01 Å². The Labute approximate surface area is 186 Å². The third-order valence-electron chi connectivity index (χ3n) is 4.63. The molecule has 1 aromatic carbocycles. The molecule has 0 saturated carbocycles. The number of carbonyl (C=O) groups is 1. The number of nitrogen functional groups attached to an aromatic ring is 1. The summed E-state index contributed by atoms with van der Waals surface area (Å²) in [7, 11) is 0. The van der Waals surface area contributed by atoms with E-state index in [1.54, 1.807) is 38.1 Å². The van der Waals surface area contributed by atoms with E-state index in [0.717, 1.165) is 12.8 Å². The summed E-state index contributed by atoms with van der Waals surface area (Å²) in [5, 5.41) is 11.8. The highest BCUT2D eigenvalue weighted by Gasteiger charge is 2.32. The van der Waals surface area contributed by atoms with Gasteiger partial charge in [0.25, 0.3) is 0 Å². The molecule has 1 aromatic heterocycles. The molecule has 0 bridgehead atoms. The lowest BCUT2D eigenvalue weighted by molar-refractivity contribution is -0.383. The van der Waals surface area contributed by atoms with Gasteiger partial charge in [0.15, 0.2) is 5.69 Å². The number of benzene rings is 1. The van der Waals surface area contributed by atoms with Crippen LogP contribution < -0.4 is 15.4 Å². The first-order valence-corrected chi connectivity index (χ1v) is 10.2. The van der Waals surface area contributed by atoms with Gasteiger partial charge in [-0.25, -0.2) is 4.85 Å². The Bertz CT molecular complexity index is 989. The molecule has 2 N–H and O–H groups in total. The average Bonchev–Trinajstić information content (AvgIpc) is 2.76. The van der Waals surface area contributed by atoms with Crippen LogP contribution in [0.4, 0.5) is 23.0 Å². The highest BCUT2D eigenvalue weighted by Crippen LogP contribution is 2.37. The van der Waals surface area contributed by atoms with E-state index >= 15 is 0 Å². The number of aromatic nitrogens is 2. The number of nitrogens with two attached hydrogens (primary N) is 1. The zero-order valence-corrected chi connectivity index (χ0v) is 18.3. The maximum atomic E-state index is 12.3. The van der Waals surface area contributed by atoms with Crippen LogP contribution in [0.2, 0.25) is 0 Å². The Hall–Kier alpha value is -3.94. The molecule has 0 saturated heterocycles. The van der Waals surface area contributed by atoms with Gasteiger partial charge in [-0.1, -0.05) is 37.6 Å². The molecule has 0 radical (unpaired) electrons. The molecule has 11 nitrogen and oxygen atoms in total. The summed E-state index contributed by atoms with van der Waals surface area (Å²) in [5.74, 6) is -1.10. The highest BCUT2D eigenvalue weighted by atomic mass is 16.6. The number of esters is 1. The molecular weight excluding hydrogens is 416 g/mol. The van der Waals surface area contributed by atoms with Gasteiger partial charge in [0.05, 0.1) is 30.8 Å². The normalized spacial score (nSPS) is 11.3. The average molecular weight is 442 g/mol. The first-order valence-electron chi connectivity index (χ1n) is 10.2. The molecule has 0 aliphatic carbocycles. The number of nitrogens with zero attached hydrogens (tertiary/aromatic N) is 5. The number of unbranched alkanes of at least 4 members (excludes halogenated alkanes) is 1. The lowest BCUT2D eigenvalue weighted by Crippen LogP contribution is -2.35. The molecule has 0 aliphatic rings. The van der Waals surface area contributed by atoms with Crippen molar-refractivity contribution >= 4 is 29.0 Å². The Balaban J connectivity index is 2.57. The van der Waals surface area contributed by atoms with Gasteiger partial charge in [0.2, 0.25) is 11.6 Å². The minimum absolute atomic E-state index is 0.110. The fourth-order valence-electron chi connectivity index (χ4n) is 2.94. The Morgan fingerprint density at radius 2 is 2.00 bits per heavy atom. The van der Waals surface area contributed by atoms with Crippen molar-refractivity contribution in [1.29, 1.82) is 0 Å². The van der Waals surface area contributed by atoms with Crippen molar-refractivity contribution in [3.05, 3.63) is 51.4 Å². The van der Waals surface area contributed by atoms with Crippen molar-refractivity contribution in [2.45, 2.75) is 39.7 Å². The summed E-state index contributed by atoms with van der Waals surface area (Å²) in [6, 6.07) is 6.03. The number of carbonyl (C=O) groups excluding carboxylic acids is 1. The minimum atomic E-state index is -0.687. The van der Waals surface area contributed by atoms with Crippen LogP contribution in [0, 0.1) is 16.7 Å². The maximum Gasteiger partial charge on any atom is 0.353 e. The van der Waals surface area contributed by atoms with Crippen LogP contribution in [0.15, 0.2) is 24.3 Å². The van der Waals surface area contributed by atoms with Gasteiger partial charge < -0.3 is 20.1 Å². The van der Waals surface area contributed by atoms with E-state index in [-0.39, 0.29) is 30.8 Å². The summed E-state index contributed by atoms with van der Waals surface area (Å²) in [4.78, 5) is 36.4. The van der Waals surface area contributed by atoms with Gasteiger partial charge in [0, 0.05) is 0 Å². The van der Waals surface area contributed by atoms with E-state index in [1.807, 2.05) is 6.92 Å². The van der Waals surface area contributed by atoms with Crippen molar-refractivity contribution in [3.8, 4) is 6.01 Å². The summed E-state index contributed by atoms with van der Waals surface area (Å²) in [5.41, 5.74) is 6.51. The van der Waals surface area contributed by atoms with E-state index in [1.165, 1.54) is 4.90 Å². The molecule has 32 heavy (non-hydrogen) atoms. The first kappa shape index (κ1) is 24.3. The zero-order valence-electron chi connectivity index (χ0n) is 18.3. The number of anilines is 2. The number of hydrogen-bond acceptors (Lipinski definition) is 9. The van der Waals surface area contributed by atoms with E-state index in [2.05, 4.69) is 14.8 Å². The second kappa shape index (κ2) is 11.5. The SMILES string of the molecule is [C-]#[N+]c1ccc(C(C)N(CC(=O)OCC)c2nc(OCCCC)nc(N)c2[N+](=O)[O-])cc1. The minimum Gasteiger partial charge on any atom is -0.465 e. The predicted molar refractivity (Wildman–Crippen MR) is 119 cm³/mol. The van der Waals surface area contributed by atoms with Crippen molar-refractivity contribution in [2.75, 3.05) is 30.4 Å². The smallest absolute Gasteiger partial charge is 0.353 e. The van der Waals surface area contributed by atoms with Crippen molar-refractivity contribution in [2.24, 2.45) is 0 Å². The van der Waals surface area contributed by atoms with Crippen molar-refractivity contribution in [1.82, 2.24) is 9.97 Å². The lowest BCUT2D eigenvalue weighted by atomic mass is 10.1. The summed E-state index contributed by atoms with van der Waals surface area (Å²) in [6.45, 7) is 12.7. The molecule has 2 rings (SSSR count). The van der Waals surface area contributed by atoms with Crippen LogP contribution >= 0.6 is 0 Å². The highest BCUT2D eigenvalue weighted by molar-refractivity contribution is 5.79. The molecule has 170 valence electrons. The van der Waals surface area contributed by atoms with Gasteiger partial charge in [-0.05, 0) is 25.8 Å². The molecule has 0 fully saturated rings. The standard InChI is InChI=1S/C21H26N6O5/c1-5-7-12-32-21-24-19(22)18(27(29)30)20(25-21)26(13-17(28)31-6-2)14(3)15-8-10-16(23-4)11-9-15/h8-11,14H,5-7,12-13H2,1-3H3,(H2,22,24,25). The van der Waals surface area contributed by atoms with Crippen LogP contribution in [0.1, 0.15) is 45.2 Å². The first-order chi connectivity index (χ1) is 15.3. The Kier molecular flexibility index (Phi) is 8.71. The van der Waals surface area contributed by atoms with Gasteiger partial charge >= 0.3 is 17.7 Å². The second-order valence-electron chi connectivity index (χ2n) is 6.83. The number of ether oxygens (including phenoxy) is 2. The summed E-state index contributed by atoms with van der Waals surface area (Å²) < 4.78 is 10.6. The van der Waals surface area contributed by atoms with Gasteiger partial charge in [-0.2, -0.15) is 9.97 Å². The Morgan fingerprint density at radius 1 is 1.31 bits per heavy atom. The topological polar surface area (TPSA) is 138 Å². The lowest BCUT2D eigenvalue weighted by Gasteiger charge is -2.29. The summed E-state index contributed by atoms with van der Waals surface area (Å²) in [6.07, 6.45) is 1.62.